The third kappa shape index (κ3) is 2.20. The number of carbonyl (C=O) groups is 1. The molecule has 1 N–H and O–H groups in total. The van der Waals surface area contributed by atoms with Crippen LogP contribution in [-0.4, -0.2) is 28.3 Å². The maximum absolute atomic E-state index is 13.1. The van der Waals surface area contributed by atoms with Gasteiger partial charge in [0.25, 0.3) is 0 Å². The second-order valence-corrected chi connectivity index (χ2v) is 11.9. The van der Waals surface area contributed by atoms with Gasteiger partial charge in [-0.05, 0) is 73.9 Å². The zero-order chi connectivity index (χ0) is 23.7. The number of benzene rings is 1. The number of nitrogens with one attached hydrogen (secondary N) is 1. The largest absolute Gasteiger partial charge is 0.358 e. The smallest absolute Gasteiger partial charge is 0.196 e. The minimum atomic E-state index is -0.801. The molecule has 5 aliphatic rings. The molecule has 5 heteroatoms. The summed E-state index contributed by atoms with van der Waals surface area (Å²) in [5, 5.41) is 10.4. The SMILES string of the molecule is CC1(C)OC23CC[C@@]4(C)C(=CC[C@H]5Cc6c([nH]c7ccc(CC#N)cc67)[C@@]54C)C2=CC(=O)[C@@H]1O3. The summed E-state index contributed by atoms with van der Waals surface area (Å²) in [4.78, 5) is 16.9. The van der Waals surface area contributed by atoms with Crippen LogP contribution in [-0.2, 0) is 32.5 Å². The zero-order valence-corrected chi connectivity index (χ0v) is 20.2. The normalized spacial score (nSPS) is 39.0. The molecule has 7 rings (SSSR count). The summed E-state index contributed by atoms with van der Waals surface area (Å²) in [6, 6.07) is 8.66. The standard InChI is InChI=1S/C29H30N2O3/c1-26(2)25-23(32)15-21-20-7-6-17-14-19-18-13-16(9-12-30)5-8-22(18)31-24(19)28(17,4)27(20,3)10-11-29(21,33-25)34-26/h5,7-8,13,15,17,25,31H,6,9-11,14H2,1-4H3/t17-,25-,27-,28+,29?/m0/s1. The average Bonchev–Trinajstić information content (AvgIpc) is 3.37. The summed E-state index contributed by atoms with van der Waals surface area (Å²) < 4.78 is 12.9. The van der Waals surface area contributed by atoms with E-state index < -0.39 is 17.5 Å². The van der Waals surface area contributed by atoms with E-state index in [9.17, 15) is 10.1 Å². The van der Waals surface area contributed by atoms with Crippen LogP contribution < -0.4 is 0 Å². The van der Waals surface area contributed by atoms with Crippen molar-refractivity contribution in [2.45, 2.75) is 82.7 Å². The zero-order valence-electron chi connectivity index (χ0n) is 20.2. The number of rotatable bonds is 1. The van der Waals surface area contributed by atoms with Crippen LogP contribution in [0.15, 0.2) is 41.5 Å². The molecule has 2 aliphatic heterocycles. The number of hydrogen-bond acceptors (Lipinski definition) is 4. The van der Waals surface area contributed by atoms with Crippen LogP contribution in [0.2, 0.25) is 0 Å². The molecule has 1 unspecified atom stereocenters. The lowest BCUT2D eigenvalue weighted by Gasteiger charge is -2.58. The van der Waals surface area contributed by atoms with Gasteiger partial charge in [0.15, 0.2) is 17.7 Å². The summed E-state index contributed by atoms with van der Waals surface area (Å²) in [7, 11) is 0. The number of aromatic nitrogens is 1. The van der Waals surface area contributed by atoms with E-state index >= 15 is 0 Å². The molecule has 1 saturated heterocycles. The molecule has 5 nitrogen and oxygen atoms in total. The molecular weight excluding hydrogens is 424 g/mol. The Balaban J connectivity index is 1.38. The van der Waals surface area contributed by atoms with E-state index in [1.54, 1.807) is 0 Å². The second-order valence-electron chi connectivity index (χ2n) is 11.9. The Bertz CT molecular complexity index is 1400. The van der Waals surface area contributed by atoms with Crippen molar-refractivity contribution in [3.05, 3.63) is 58.3 Å². The van der Waals surface area contributed by atoms with Crippen molar-refractivity contribution in [2.24, 2.45) is 11.3 Å². The Morgan fingerprint density at radius 2 is 2.00 bits per heavy atom. The van der Waals surface area contributed by atoms with Crippen LogP contribution in [0.3, 0.4) is 0 Å². The van der Waals surface area contributed by atoms with Crippen LogP contribution in [0.4, 0.5) is 0 Å². The van der Waals surface area contributed by atoms with Gasteiger partial charge in [-0.2, -0.15) is 5.26 Å². The van der Waals surface area contributed by atoms with Crippen molar-refractivity contribution >= 4 is 16.7 Å². The molecule has 1 saturated carbocycles. The van der Waals surface area contributed by atoms with Crippen LogP contribution in [0.1, 0.15) is 63.8 Å². The minimum Gasteiger partial charge on any atom is -0.358 e. The van der Waals surface area contributed by atoms with E-state index in [2.05, 4.69) is 49.2 Å². The quantitative estimate of drug-likeness (QED) is 0.643. The first kappa shape index (κ1) is 20.7. The lowest BCUT2D eigenvalue weighted by atomic mass is 9.48. The molecule has 174 valence electrons. The molecule has 3 aliphatic carbocycles. The maximum Gasteiger partial charge on any atom is 0.196 e. The van der Waals surface area contributed by atoms with E-state index in [4.69, 9.17) is 9.47 Å². The van der Waals surface area contributed by atoms with Crippen molar-refractivity contribution < 1.29 is 14.3 Å². The van der Waals surface area contributed by atoms with Crippen LogP contribution in [0.5, 0.6) is 0 Å². The average molecular weight is 455 g/mol. The predicted octanol–water partition coefficient (Wildman–Crippen LogP) is 5.19. The molecule has 3 heterocycles. The number of allylic oxidation sites excluding steroid dienone is 1. The molecule has 1 spiro atoms. The number of fused-ring (bicyclic) bond motifs is 9. The van der Waals surface area contributed by atoms with Gasteiger partial charge in [-0.15, -0.1) is 0 Å². The predicted molar refractivity (Wildman–Crippen MR) is 128 cm³/mol. The monoisotopic (exact) mass is 454 g/mol. The minimum absolute atomic E-state index is 0.0216. The highest BCUT2D eigenvalue weighted by molar-refractivity contribution is 5.98. The number of aromatic amines is 1. The van der Waals surface area contributed by atoms with Crippen LogP contribution in [0, 0.1) is 22.7 Å². The summed E-state index contributed by atoms with van der Waals surface area (Å²) in [5.41, 5.74) is 6.30. The fraction of sp³-hybridized carbons (Fsp3) is 0.517. The molecule has 34 heavy (non-hydrogen) atoms. The topological polar surface area (TPSA) is 75.1 Å². The molecule has 5 atom stereocenters. The number of ether oxygens (including phenoxy) is 2. The van der Waals surface area contributed by atoms with E-state index in [-0.39, 0.29) is 16.6 Å². The van der Waals surface area contributed by atoms with Gasteiger partial charge < -0.3 is 14.5 Å². The Hall–Kier alpha value is -2.68. The Morgan fingerprint density at radius 1 is 1.18 bits per heavy atom. The summed E-state index contributed by atoms with van der Waals surface area (Å²) in [6.45, 7) is 8.75. The Labute approximate surface area is 199 Å². The van der Waals surface area contributed by atoms with Gasteiger partial charge in [0.2, 0.25) is 0 Å². The summed E-state index contributed by atoms with van der Waals surface area (Å²) >= 11 is 0. The summed E-state index contributed by atoms with van der Waals surface area (Å²) in [6.07, 6.45) is 7.82. The van der Waals surface area contributed by atoms with Crippen molar-refractivity contribution in [2.75, 3.05) is 0 Å². The summed E-state index contributed by atoms with van der Waals surface area (Å²) in [5.74, 6) is -0.284. The molecule has 2 fully saturated rings. The third-order valence-electron chi connectivity index (χ3n) is 9.95. The Kier molecular flexibility index (Phi) is 3.71. The van der Waals surface area contributed by atoms with Crippen LogP contribution in [0.25, 0.3) is 10.9 Å². The van der Waals surface area contributed by atoms with Crippen LogP contribution >= 0.6 is 0 Å². The highest BCUT2D eigenvalue weighted by Gasteiger charge is 2.68. The molecule has 0 amide bonds. The van der Waals surface area contributed by atoms with Gasteiger partial charge in [0.1, 0.15) is 5.60 Å². The second kappa shape index (κ2) is 6.11. The molecule has 1 aromatic heterocycles. The number of nitriles is 1. The first-order chi connectivity index (χ1) is 16.1. The fourth-order valence-electron chi connectivity index (χ4n) is 8.04. The molecule has 1 aromatic carbocycles. The van der Waals surface area contributed by atoms with Gasteiger partial charge in [-0.3, -0.25) is 4.79 Å². The van der Waals surface area contributed by atoms with Gasteiger partial charge in [-0.1, -0.05) is 26.0 Å². The molecule has 2 aromatic rings. The molecule has 0 radical (unpaired) electrons. The number of ketones is 1. The van der Waals surface area contributed by atoms with Crippen molar-refractivity contribution in [1.82, 2.24) is 4.98 Å². The highest BCUT2D eigenvalue weighted by Crippen LogP contribution is 2.68. The Morgan fingerprint density at radius 3 is 2.79 bits per heavy atom. The van der Waals surface area contributed by atoms with Gasteiger partial charge in [0.05, 0.1) is 12.5 Å². The number of H-pyrrole nitrogens is 1. The fourth-order valence-corrected chi connectivity index (χ4v) is 8.04. The first-order valence-corrected chi connectivity index (χ1v) is 12.5. The van der Waals surface area contributed by atoms with E-state index in [0.29, 0.717) is 12.3 Å². The molecular formula is C29H30N2O3. The maximum atomic E-state index is 13.1. The van der Waals surface area contributed by atoms with Gasteiger partial charge in [-0.25, -0.2) is 0 Å². The van der Waals surface area contributed by atoms with Crippen molar-refractivity contribution in [1.29, 1.82) is 5.26 Å². The lowest BCUT2D eigenvalue weighted by molar-refractivity contribution is -0.180. The van der Waals surface area contributed by atoms with Crippen molar-refractivity contribution in [3.8, 4) is 6.07 Å². The molecule has 2 bridgehead atoms. The van der Waals surface area contributed by atoms with Gasteiger partial charge >= 0.3 is 0 Å². The number of hydrogen-bond donors (Lipinski definition) is 1. The first-order valence-electron chi connectivity index (χ1n) is 12.5. The van der Waals surface area contributed by atoms with Crippen molar-refractivity contribution in [3.63, 3.8) is 0 Å². The third-order valence-corrected chi connectivity index (χ3v) is 9.95. The van der Waals surface area contributed by atoms with E-state index in [1.807, 2.05) is 19.9 Å². The van der Waals surface area contributed by atoms with E-state index in [1.165, 1.54) is 22.2 Å². The highest BCUT2D eigenvalue weighted by atomic mass is 16.8. The number of nitrogens with zero attached hydrogens (tertiary/aromatic N) is 1. The van der Waals surface area contributed by atoms with Gasteiger partial charge in [0, 0.05) is 39.4 Å². The van der Waals surface area contributed by atoms with E-state index in [0.717, 1.165) is 42.3 Å². The lowest BCUT2D eigenvalue weighted by Crippen LogP contribution is -2.56. The number of carbonyl (C=O) groups excluding carboxylic acids is 1.